The maximum absolute atomic E-state index is 12.1. The van der Waals surface area contributed by atoms with Gasteiger partial charge in [0.2, 0.25) is 5.95 Å². The highest BCUT2D eigenvalue weighted by Crippen LogP contribution is 2.14. The fourth-order valence-corrected chi connectivity index (χ4v) is 2.25. The molecule has 0 aliphatic rings. The Kier molecular flexibility index (Phi) is 6.96. The summed E-state index contributed by atoms with van der Waals surface area (Å²) in [6.07, 6.45) is 4.03. The molecule has 0 fully saturated rings. The van der Waals surface area contributed by atoms with Gasteiger partial charge in [-0.15, -0.1) is 0 Å². The minimum absolute atomic E-state index is 0.228. The van der Waals surface area contributed by atoms with E-state index in [2.05, 4.69) is 25.5 Å². The summed E-state index contributed by atoms with van der Waals surface area (Å²) in [6, 6.07) is 7.40. The van der Waals surface area contributed by atoms with E-state index in [-0.39, 0.29) is 5.91 Å². The summed E-state index contributed by atoms with van der Waals surface area (Å²) in [5.74, 6) is 0.297. The van der Waals surface area contributed by atoms with Crippen LogP contribution in [0.1, 0.15) is 22.3 Å². The molecule has 0 saturated heterocycles. The highest BCUT2D eigenvalue weighted by atomic mass is 35.5. The molecule has 2 rings (SSSR count). The maximum Gasteiger partial charge on any atom is 0.254 e. The number of anilines is 1. The van der Waals surface area contributed by atoms with E-state index in [4.69, 9.17) is 11.6 Å². The van der Waals surface area contributed by atoms with E-state index in [1.165, 1.54) is 12.4 Å². The lowest BCUT2D eigenvalue weighted by Crippen LogP contribution is -2.23. The van der Waals surface area contributed by atoms with Crippen molar-refractivity contribution in [2.24, 2.45) is 0 Å². The smallest absolute Gasteiger partial charge is 0.254 e. The van der Waals surface area contributed by atoms with Crippen molar-refractivity contribution in [3.8, 4) is 0 Å². The van der Waals surface area contributed by atoms with E-state index in [0.717, 1.165) is 25.1 Å². The molecule has 0 aliphatic heterocycles. The number of rotatable bonds is 8. The molecule has 0 bridgehead atoms. The molecule has 0 saturated carbocycles. The zero-order chi connectivity index (χ0) is 17.4. The van der Waals surface area contributed by atoms with Crippen molar-refractivity contribution in [2.45, 2.75) is 13.0 Å². The summed E-state index contributed by atoms with van der Waals surface area (Å²) in [6.45, 7) is 2.15. The molecule has 6 nitrogen and oxygen atoms in total. The van der Waals surface area contributed by atoms with Gasteiger partial charge < -0.3 is 15.5 Å². The Hall–Kier alpha value is -2.18. The zero-order valence-electron chi connectivity index (χ0n) is 13.9. The lowest BCUT2D eigenvalue weighted by atomic mass is 10.2. The first-order chi connectivity index (χ1) is 11.6. The molecular weight excluding hydrogens is 326 g/mol. The molecule has 1 aromatic heterocycles. The number of nitrogens with one attached hydrogen (secondary N) is 2. The van der Waals surface area contributed by atoms with E-state index < -0.39 is 0 Å². The molecule has 1 amide bonds. The highest BCUT2D eigenvalue weighted by Gasteiger charge is 2.08. The Morgan fingerprint density at radius 1 is 1.21 bits per heavy atom. The average molecular weight is 348 g/mol. The SMILES string of the molecule is CN(C)CCCNc1ncc(C(=O)NCc2ccccc2Cl)cn1. The maximum atomic E-state index is 12.1. The van der Waals surface area contributed by atoms with Crippen molar-refractivity contribution in [1.29, 1.82) is 0 Å². The van der Waals surface area contributed by atoms with Gasteiger partial charge in [-0.05, 0) is 38.7 Å². The number of hydrogen-bond donors (Lipinski definition) is 2. The molecule has 7 heteroatoms. The molecule has 1 heterocycles. The number of nitrogens with zero attached hydrogens (tertiary/aromatic N) is 3. The largest absolute Gasteiger partial charge is 0.354 e. The minimum atomic E-state index is -0.228. The third-order valence-corrected chi connectivity index (χ3v) is 3.75. The lowest BCUT2D eigenvalue weighted by molar-refractivity contribution is 0.0950. The van der Waals surface area contributed by atoms with Gasteiger partial charge in [0.05, 0.1) is 5.56 Å². The summed E-state index contributed by atoms with van der Waals surface area (Å²) < 4.78 is 0. The molecule has 1 aromatic carbocycles. The van der Waals surface area contributed by atoms with Crippen molar-refractivity contribution < 1.29 is 4.79 Å². The van der Waals surface area contributed by atoms with E-state index in [1.54, 1.807) is 6.07 Å². The van der Waals surface area contributed by atoms with Gasteiger partial charge in [0.1, 0.15) is 0 Å². The average Bonchev–Trinajstić information content (AvgIpc) is 2.58. The van der Waals surface area contributed by atoms with E-state index in [1.807, 2.05) is 32.3 Å². The summed E-state index contributed by atoms with van der Waals surface area (Å²) in [4.78, 5) is 22.6. The number of halogens is 1. The second kappa shape index (κ2) is 9.20. The van der Waals surface area contributed by atoms with Crippen molar-refractivity contribution in [2.75, 3.05) is 32.5 Å². The van der Waals surface area contributed by atoms with Gasteiger partial charge in [0.25, 0.3) is 5.91 Å². The molecule has 2 aromatic rings. The van der Waals surface area contributed by atoms with Crippen LogP contribution in [-0.2, 0) is 6.54 Å². The van der Waals surface area contributed by atoms with Gasteiger partial charge in [-0.25, -0.2) is 9.97 Å². The number of hydrogen-bond acceptors (Lipinski definition) is 5. The number of aromatic nitrogens is 2. The first kappa shape index (κ1) is 18.2. The Bertz CT molecular complexity index is 660. The van der Waals surface area contributed by atoms with E-state index >= 15 is 0 Å². The van der Waals surface area contributed by atoms with Crippen LogP contribution in [0.15, 0.2) is 36.7 Å². The molecule has 0 radical (unpaired) electrons. The van der Waals surface area contributed by atoms with Gasteiger partial charge in [-0.1, -0.05) is 29.8 Å². The van der Waals surface area contributed by atoms with Crippen LogP contribution in [0.5, 0.6) is 0 Å². The molecule has 0 spiro atoms. The fraction of sp³-hybridized carbons (Fsp3) is 0.353. The van der Waals surface area contributed by atoms with Gasteiger partial charge in [0, 0.05) is 30.5 Å². The van der Waals surface area contributed by atoms with Crippen molar-refractivity contribution in [1.82, 2.24) is 20.2 Å². The van der Waals surface area contributed by atoms with Crippen LogP contribution >= 0.6 is 11.6 Å². The predicted octanol–water partition coefficient (Wildman–Crippen LogP) is 2.42. The quantitative estimate of drug-likeness (QED) is 0.718. The summed E-state index contributed by atoms with van der Waals surface area (Å²) >= 11 is 6.07. The zero-order valence-corrected chi connectivity index (χ0v) is 14.7. The fourth-order valence-electron chi connectivity index (χ4n) is 2.05. The second-order valence-corrected chi connectivity index (χ2v) is 6.06. The Morgan fingerprint density at radius 3 is 2.58 bits per heavy atom. The van der Waals surface area contributed by atoms with Crippen LogP contribution in [0.2, 0.25) is 5.02 Å². The van der Waals surface area contributed by atoms with E-state index in [9.17, 15) is 4.79 Å². The normalized spacial score (nSPS) is 10.7. The minimum Gasteiger partial charge on any atom is -0.354 e. The van der Waals surface area contributed by atoms with E-state index in [0.29, 0.717) is 23.1 Å². The molecule has 24 heavy (non-hydrogen) atoms. The van der Waals surface area contributed by atoms with Crippen LogP contribution in [0.4, 0.5) is 5.95 Å². The third kappa shape index (κ3) is 5.79. The van der Waals surface area contributed by atoms with Crippen LogP contribution in [0.3, 0.4) is 0 Å². The van der Waals surface area contributed by atoms with Gasteiger partial charge in [-0.3, -0.25) is 4.79 Å². The highest BCUT2D eigenvalue weighted by molar-refractivity contribution is 6.31. The number of carbonyl (C=O) groups is 1. The number of amides is 1. The van der Waals surface area contributed by atoms with Crippen LogP contribution in [0, 0.1) is 0 Å². The first-order valence-corrected chi connectivity index (χ1v) is 8.16. The van der Waals surface area contributed by atoms with Gasteiger partial charge in [-0.2, -0.15) is 0 Å². The molecule has 128 valence electrons. The lowest BCUT2D eigenvalue weighted by Gasteiger charge is -2.10. The monoisotopic (exact) mass is 347 g/mol. The van der Waals surface area contributed by atoms with Crippen molar-refractivity contribution in [3.63, 3.8) is 0 Å². The Morgan fingerprint density at radius 2 is 1.92 bits per heavy atom. The molecule has 0 aliphatic carbocycles. The van der Waals surface area contributed by atoms with Crippen LogP contribution in [0.25, 0.3) is 0 Å². The second-order valence-electron chi connectivity index (χ2n) is 5.65. The first-order valence-electron chi connectivity index (χ1n) is 7.78. The Balaban J connectivity index is 1.81. The number of carbonyl (C=O) groups excluding carboxylic acids is 1. The summed E-state index contributed by atoms with van der Waals surface area (Å²) in [5.41, 5.74) is 1.29. The molecule has 0 unspecified atom stereocenters. The van der Waals surface area contributed by atoms with Crippen LogP contribution in [-0.4, -0.2) is 48.0 Å². The third-order valence-electron chi connectivity index (χ3n) is 3.38. The van der Waals surface area contributed by atoms with Crippen LogP contribution < -0.4 is 10.6 Å². The van der Waals surface area contributed by atoms with Gasteiger partial charge in [0.15, 0.2) is 0 Å². The topological polar surface area (TPSA) is 70.2 Å². The molecule has 2 N–H and O–H groups in total. The molecule has 0 atom stereocenters. The van der Waals surface area contributed by atoms with Crippen molar-refractivity contribution in [3.05, 3.63) is 52.8 Å². The summed E-state index contributed by atoms with van der Waals surface area (Å²) in [7, 11) is 4.07. The predicted molar refractivity (Wildman–Crippen MR) is 96.3 cm³/mol. The standard InChI is InChI=1S/C17H22ClN5O/c1-23(2)9-5-8-19-17-21-11-14(12-22-17)16(24)20-10-13-6-3-4-7-15(13)18/h3-4,6-7,11-12H,5,8-10H2,1-2H3,(H,20,24)(H,19,21,22). The summed E-state index contributed by atoms with van der Waals surface area (Å²) in [5, 5.41) is 6.58. The molecular formula is C17H22ClN5O. The number of benzene rings is 1. The van der Waals surface area contributed by atoms with Gasteiger partial charge >= 0.3 is 0 Å². The Labute approximate surface area is 147 Å². The van der Waals surface area contributed by atoms with Crippen molar-refractivity contribution >= 4 is 23.5 Å².